The molecule has 1 aromatic heterocycles. The topological polar surface area (TPSA) is 92.4 Å². The fourth-order valence-corrected chi connectivity index (χ4v) is 3.70. The van der Waals surface area contributed by atoms with E-state index in [1.165, 1.54) is 5.56 Å². The van der Waals surface area contributed by atoms with E-state index in [2.05, 4.69) is 26.5 Å². The van der Waals surface area contributed by atoms with Crippen molar-refractivity contribution >= 4 is 17.3 Å². The van der Waals surface area contributed by atoms with Crippen LogP contribution in [0.5, 0.6) is 11.6 Å². The summed E-state index contributed by atoms with van der Waals surface area (Å²) in [4.78, 5) is 14.2. The average Bonchev–Trinajstić information content (AvgIpc) is 3.27. The summed E-state index contributed by atoms with van der Waals surface area (Å²) in [6.07, 6.45) is 3.35. The summed E-state index contributed by atoms with van der Waals surface area (Å²) < 4.78 is 5.99. The lowest BCUT2D eigenvalue weighted by molar-refractivity contribution is 0.130. The Balaban J connectivity index is 1.24. The van der Waals surface area contributed by atoms with Crippen LogP contribution in [0.25, 0.3) is 0 Å². The maximum absolute atomic E-state index is 8.92. The van der Waals surface area contributed by atoms with Gasteiger partial charge in [0.1, 0.15) is 12.4 Å². The number of anilines is 2. The second kappa shape index (κ2) is 9.84. The van der Waals surface area contributed by atoms with Crippen LogP contribution in [0, 0.1) is 11.3 Å². The van der Waals surface area contributed by atoms with Crippen LogP contribution >= 0.6 is 0 Å². The smallest absolute Gasteiger partial charge is 0.230 e. The Hall–Kier alpha value is -4.70. The standard InChI is InChI=1S/C27H21N5O2/c28-17-19-6-9-22(10-7-19)30-27-29-15-14-26(31-27)34-23-11-12-24-21(16-23)8-13-25(24)32-33-18-20-4-2-1-3-5-20/h1-7,9-12,14-16H,8,13,18H2,(H,29,30,31). The van der Waals surface area contributed by atoms with Crippen LogP contribution < -0.4 is 10.1 Å². The molecule has 4 aromatic rings. The molecule has 0 saturated carbocycles. The lowest BCUT2D eigenvalue weighted by atomic mass is 10.1. The van der Waals surface area contributed by atoms with E-state index >= 15 is 0 Å². The Morgan fingerprint density at radius 1 is 0.971 bits per heavy atom. The summed E-state index contributed by atoms with van der Waals surface area (Å²) in [5.41, 5.74) is 5.68. The summed E-state index contributed by atoms with van der Waals surface area (Å²) in [5.74, 6) is 1.55. The number of hydrogen-bond donors (Lipinski definition) is 1. The predicted octanol–water partition coefficient (Wildman–Crippen LogP) is 5.75. The molecule has 1 aliphatic rings. The molecule has 5 rings (SSSR count). The van der Waals surface area contributed by atoms with Crippen molar-refractivity contribution in [3.63, 3.8) is 0 Å². The van der Waals surface area contributed by atoms with Gasteiger partial charge < -0.3 is 14.9 Å². The summed E-state index contributed by atoms with van der Waals surface area (Å²) in [6, 6.07) is 26.8. The van der Waals surface area contributed by atoms with Gasteiger partial charge in [0.25, 0.3) is 0 Å². The molecule has 7 nitrogen and oxygen atoms in total. The molecule has 0 atom stereocenters. The number of ether oxygens (including phenoxy) is 1. The number of nitrogens with one attached hydrogen (secondary N) is 1. The first kappa shape index (κ1) is 21.2. The molecule has 0 aliphatic heterocycles. The molecule has 0 bridgehead atoms. The number of nitriles is 1. The molecule has 1 N–H and O–H groups in total. The van der Waals surface area contributed by atoms with E-state index in [1.54, 1.807) is 36.5 Å². The molecule has 166 valence electrons. The molecule has 1 heterocycles. The van der Waals surface area contributed by atoms with Crippen molar-refractivity contribution in [2.75, 3.05) is 5.32 Å². The van der Waals surface area contributed by atoms with Gasteiger partial charge in [-0.05, 0) is 66.4 Å². The van der Waals surface area contributed by atoms with Gasteiger partial charge in [-0.15, -0.1) is 0 Å². The molecule has 3 aromatic carbocycles. The number of rotatable bonds is 7. The van der Waals surface area contributed by atoms with E-state index < -0.39 is 0 Å². The molecule has 0 amide bonds. The minimum atomic E-state index is 0.411. The Bertz CT molecular complexity index is 1360. The van der Waals surface area contributed by atoms with E-state index in [0.717, 1.165) is 35.4 Å². The molecule has 0 spiro atoms. The average molecular weight is 447 g/mol. The monoisotopic (exact) mass is 447 g/mol. The van der Waals surface area contributed by atoms with Crippen molar-refractivity contribution in [2.45, 2.75) is 19.4 Å². The highest BCUT2D eigenvalue weighted by Crippen LogP contribution is 2.29. The Kier molecular flexibility index (Phi) is 6.12. The van der Waals surface area contributed by atoms with Gasteiger partial charge >= 0.3 is 0 Å². The lowest BCUT2D eigenvalue weighted by Crippen LogP contribution is -1.99. The molecule has 0 radical (unpaired) electrons. The molecule has 0 saturated heterocycles. The van der Waals surface area contributed by atoms with Crippen molar-refractivity contribution in [3.05, 3.63) is 107 Å². The predicted molar refractivity (Wildman–Crippen MR) is 129 cm³/mol. The zero-order valence-corrected chi connectivity index (χ0v) is 18.3. The number of nitrogens with zero attached hydrogens (tertiary/aromatic N) is 4. The number of hydrogen-bond acceptors (Lipinski definition) is 7. The van der Waals surface area contributed by atoms with Gasteiger partial charge in [-0.1, -0.05) is 35.5 Å². The maximum Gasteiger partial charge on any atom is 0.230 e. The first-order valence-corrected chi connectivity index (χ1v) is 10.9. The highest BCUT2D eigenvalue weighted by molar-refractivity contribution is 6.04. The molecule has 1 aliphatic carbocycles. The van der Waals surface area contributed by atoms with Gasteiger partial charge in [-0.3, -0.25) is 0 Å². The van der Waals surface area contributed by atoms with Crippen molar-refractivity contribution < 1.29 is 9.57 Å². The van der Waals surface area contributed by atoms with E-state index in [0.29, 0.717) is 29.7 Å². The lowest BCUT2D eigenvalue weighted by Gasteiger charge is -2.09. The van der Waals surface area contributed by atoms with Gasteiger partial charge in [0.2, 0.25) is 11.8 Å². The third kappa shape index (κ3) is 5.03. The second-order valence-electron chi connectivity index (χ2n) is 7.75. The zero-order chi connectivity index (χ0) is 23.2. The first-order chi connectivity index (χ1) is 16.8. The third-order valence-electron chi connectivity index (χ3n) is 5.39. The van der Waals surface area contributed by atoms with Crippen molar-refractivity contribution in [1.82, 2.24) is 9.97 Å². The molecular formula is C27H21N5O2. The van der Waals surface area contributed by atoms with Crippen LogP contribution in [-0.4, -0.2) is 15.7 Å². The van der Waals surface area contributed by atoms with Crippen LogP contribution in [0.15, 0.2) is 90.2 Å². The number of oxime groups is 1. The highest BCUT2D eigenvalue weighted by Gasteiger charge is 2.19. The fraction of sp³-hybridized carbons (Fsp3) is 0.111. The SMILES string of the molecule is N#Cc1ccc(Nc2nccc(Oc3ccc4c(c3)CCC4=NOCc3ccccc3)n2)cc1. The van der Waals surface area contributed by atoms with Crippen molar-refractivity contribution in [2.24, 2.45) is 5.16 Å². The molecule has 34 heavy (non-hydrogen) atoms. The number of aryl methyl sites for hydroxylation is 1. The van der Waals surface area contributed by atoms with Crippen LogP contribution in [0.3, 0.4) is 0 Å². The number of fused-ring (bicyclic) bond motifs is 1. The van der Waals surface area contributed by atoms with Gasteiger partial charge in [-0.25, -0.2) is 4.98 Å². The molecule has 0 fully saturated rings. The normalized spacial score (nSPS) is 13.2. The Labute approximate surface area is 197 Å². The molecular weight excluding hydrogens is 426 g/mol. The van der Waals surface area contributed by atoms with E-state index in [9.17, 15) is 0 Å². The summed E-state index contributed by atoms with van der Waals surface area (Å²) in [5, 5.41) is 16.4. The van der Waals surface area contributed by atoms with Gasteiger partial charge in [0, 0.05) is 23.5 Å². The van der Waals surface area contributed by atoms with Gasteiger partial charge in [0.15, 0.2) is 0 Å². The minimum absolute atomic E-state index is 0.411. The minimum Gasteiger partial charge on any atom is -0.439 e. The van der Waals surface area contributed by atoms with Crippen molar-refractivity contribution in [1.29, 1.82) is 5.26 Å². The van der Waals surface area contributed by atoms with Crippen LogP contribution in [0.4, 0.5) is 11.6 Å². The largest absolute Gasteiger partial charge is 0.439 e. The van der Waals surface area contributed by atoms with Crippen LogP contribution in [0.2, 0.25) is 0 Å². The van der Waals surface area contributed by atoms with E-state index in [4.69, 9.17) is 14.8 Å². The fourth-order valence-electron chi connectivity index (χ4n) is 3.70. The summed E-state index contributed by atoms with van der Waals surface area (Å²) in [7, 11) is 0. The second-order valence-corrected chi connectivity index (χ2v) is 7.75. The van der Waals surface area contributed by atoms with Crippen LogP contribution in [0.1, 0.15) is 28.7 Å². The highest BCUT2D eigenvalue weighted by atomic mass is 16.6. The molecule has 0 unspecified atom stereocenters. The number of benzene rings is 3. The van der Waals surface area contributed by atoms with Gasteiger partial charge in [0.05, 0.1) is 17.3 Å². The number of aromatic nitrogens is 2. The quantitative estimate of drug-likeness (QED) is 0.363. The third-order valence-corrected chi connectivity index (χ3v) is 5.39. The Morgan fingerprint density at radius 3 is 2.65 bits per heavy atom. The Morgan fingerprint density at radius 2 is 1.82 bits per heavy atom. The van der Waals surface area contributed by atoms with Crippen molar-refractivity contribution in [3.8, 4) is 17.7 Å². The summed E-state index contributed by atoms with van der Waals surface area (Å²) >= 11 is 0. The van der Waals surface area contributed by atoms with E-state index in [1.807, 2.05) is 48.5 Å². The van der Waals surface area contributed by atoms with Gasteiger partial charge in [-0.2, -0.15) is 10.2 Å². The zero-order valence-electron chi connectivity index (χ0n) is 18.3. The van der Waals surface area contributed by atoms with Crippen LogP contribution in [-0.2, 0) is 17.9 Å². The maximum atomic E-state index is 8.92. The van der Waals surface area contributed by atoms with E-state index in [-0.39, 0.29) is 0 Å². The molecule has 7 heteroatoms. The summed E-state index contributed by atoms with van der Waals surface area (Å²) in [6.45, 7) is 0.452. The first-order valence-electron chi connectivity index (χ1n) is 10.9.